The number of amides is 1. The molecule has 1 aromatic heterocycles. The van der Waals surface area contributed by atoms with E-state index in [1.54, 1.807) is 13.8 Å². The van der Waals surface area contributed by atoms with E-state index in [2.05, 4.69) is 5.10 Å². The van der Waals surface area contributed by atoms with Crippen molar-refractivity contribution in [3.8, 4) is 11.5 Å². The molecule has 2 aliphatic heterocycles. The number of rotatable bonds is 4. The number of aryl methyl sites for hydroxylation is 1. The molecule has 148 valence electrons. The second-order valence-corrected chi connectivity index (χ2v) is 7.08. The predicted molar refractivity (Wildman–Crippen MR) is 99.5 cm³/mol. The molecule has 2 aliphatic rings. The lowest BCUT2D eigenvalue weighted by Crippen LogP contribution is -2.34. The largest absolute Gasteiger partial charge is 0.486 e. The Kier molecular flexibility index (Phi) is 4.66. The number of nitrogens with zero attached hydrogens (tertiary/aromatic N) is 4. The molecule has 9 heteroatoms. The highest BCUT2D eigenvalue weighted by atomic mass is 16.6. The fraction of sp³-hybridized carbons (Fsp3) is 0.474. The Hall–Kier alpha value is -3.10. The van der Waals surface area contributed by atoms with Crippen LogP contribution in [0.5, 0.6) is 11.5 Å². The number of ether oxygens (including phenoxy) is 2. The number of benzene rings is 1. The topological polar surface area (TPSA) is 99.7 Å². The SMILES string of the molecule is Cc1nn(CC(=O)N2CCCC2c2ccc3c(c2)OCCO3)c(C)c1[N+](=O)[O-]. The summed E-state index contributed by atoms with van der Waals surface area (Å²) in [5.41, 5.74) is 1.69. The van der Waals surface area contributed by atoms with E-state index in [-0.39, 0.29) is 24.2 Å². The van der Waals surface area contributed by atoms with Crippen molar-refractivity contribution in [2.45, 2.75) is 39.3 Å². The first kappa shape index (κ1) is 18.3. The van der Waals surface area contributed by atoms with Gasteiger partial charge in [-0.25, -0.2) is 0 Å². The summed E-state index contributed by atoms with van der Waals surface area (Å²) in [7, 11) is 0. The molecule has 0 N–H and O–H groups in total. The van der Waals surface area contributed by atoms with Gasteiger partial charge < -0.3 is 14.4 Å². The molecule has 0 radical (unpaired) electrons. The van der Waals surface area contributed by atoms with E-state index < -0.39 is 4.92 Å². The average molecular weight is 386 g/mol. The lowest BCUT2D eigenvalue weighted by molar-refractivity contribution is -0.386. The lowest BCUT2D eigenvalue weighted by Gasteiger charge is -2.27. The van der Waals surface area contributed by atoms with E-state index >= 15 is 0 Å². The number of aromatic nitrogens is 2. The second kappa shape index (κ2) is 7.14. The summed E-state index contributed by atoms with van der Waals surface area (Å²) >= 11 is 0. The van der Waals surface area contributed by atoms with Crippen molar-refractivity contribution in [1.29, 1.82) is 0 Å². The van der Waals surface area contributed by atoms with Gasteiger partial charge in [0.1, 0.15) is 31.1 Å². The van der Waals surface area contributed by atoms with E-state index in [0.29, 0.717) is 36.9 Å². The Morgan fingerprint density at radius 2 is 2.04 bits per heavy atom. The first-order valence-electron chi connectivity index (χ1n) is 9.33. The van der Waals surface area contributed by atoms with Crippen LogP contribution in [0.4, 0.5) is 5.69 Å². The van der Waals surface area contributed by atoms with Crippen LogP contribution in [-0.4, -0.2) is 45.3 Å². The predicted octanol–water partition coefficient (Wildman–Crippen LogP) is 2.54. The van der Waals surface area contributed by atoms with Crippen LogP contribution in [0.1, 0.15) is 35.8 Å². The Bertz CT molecular complexity index is 939. The van der Waals surface area contributed by atoms with Crippen molar-refractivity contribution in [1.82, 2.24) is 14.7 Å². The molecular formula is C19H22N4O5. The lowest BCUT2D eigenvalue weighted by atomic mass is 10.0. The molecule has 28 heavy (non-hydrogen) atoms. The number of carbonyl (C=O) groups excluding carboxylic acids is 1. The molecule has 1 atom stereocenters. The third kappa shape index (κ3) is 3.17. The normalized spacial score (nSPS) is 18.4. The molecule has 1 fully saturated rings. The Labute approximate surface area is 162 Å². The summed E-state index contributed by atoms with van der Waals surface area (Å²) in [6, 6.07) is 5.75. The Morgan fingerprint density at radius 1 is 1.29 bits per heavy atom. The molecule has 1 aromatic carbocycles. The summed E-state index contributed by atoms with van der Waals surface area (Å²) in [4.78, 5) is 25.5. The van der Waals surface area contributed by atoms with Crippen LogP contribution < -0.4 is 9.47 Å². The van der Waals surface area contributed by atoms with Crippen molar-refractivity contribution in [3.63, 3.8) is 0 Å². The summed E-state index contributed by atoms with van der Waals surface area (Å²) < 4.78 is 12.7. The van der Waals surface area contributed by atoms with Gasteiger partial charge in [-0.15, -0.1) is 0 Å². The molecule has 0 bridgehead atoms. The van der Waals surface area contributed by atoms with Gasteiger partial charge in [-0.3, -0.25) is 19.6 Å². The highest BCUT2D eigenvalue weighted by Crippen LogP contribution is 2.38. The van der Waals surface area contributed by atoms with E-state index in [0.717, 1.165) is 24.2 Å². The standard InChI is InChI=1S/C19H22N4O5/c1-12-19(23(25)26)13(2)22(20-12)11-18(24)21-7-3-4-15(21)14-5-6-16-17(10-14)28-9-8-27-16/h5-6,10,15H,3-4,7-9,11H2,1-2H3. The van der Waals surface area contributed by atoms with Gasteiger partial charge in [0.25, 0.3) is 0 Å². The van der Waals surface area contributed by atoms with Gasteiger partial charge >= 0.3 is 5.69 Å². The first-order chi connectivity index (χ1) is 13.5. The van der Waals surface area contributed by atoms with Crippen LogP contribution in [0, 0.1) is 24.0 Å². The van der Waals surface area contributed by atoms with E-state index in [9.17, 15) is 14.9 Å². The third-order valence-electron chi connectivity index (χ3n) is 5.34. The number of hydrogen-bond acceptors (Lipinski definition) is 6. The van der Waals surface area contributed by atoms with E-state index in [1.165, 1.54) is 4.68 Å². The summed E-state index contributed by atoms with van der Waals surface area (Å²) in [6.07, 6.45) is 1.77. The van der Waals surface area contributed by atoms with Crippen LogP contribution >= 0.6 is 0 Å². The van der Waals surface area contributed by atoms with Crippen LogP contribution in [0.25, 0.3) is 0 Å². The van der Waals surface area contributed by atoms with Crippen LogP contribution in [0.2, 0.25) is 0 Å². The highest BCUT2D eigenvalue weighted by Gasteiger charge is 2.32. The molecule has 0 aliphatic carbocycles. The maximum Gasteiger partial charge on any atom is 0.312 e. The quantitative estimate of drug-likeness (QED) is 0.591. The zero-order valence-corrected chi connectivity index (χ0v) is 15.9. The van der Waals surface area contributed by atoms with Crippen molar-refractivity contribution in [2.75, 3.05) is 19.8 Å². The zero-order chi connectivity index (χ0) is 19.8. The summed E-state index contributed by atoms with van der Waals surface area (Å²) in [5, 5.41) is 15.4. The maximum absolute atomic E-state index is 13.0. The Balaban J connectivity index is 1.55. The van der Waals surface area contributed by atoms with E-state index in [4.69, 9.17) is 9.47 Å². The van der Waals surface area contributed by atoms with Gasteiger partial charge in [0.05, 0.1) is 11.0 Å². The van der Waals surface area contributed by atoms with Crippen molar-refractivity contribution < 1.29 is 19.2 Å². The van der Waals surface area contributed by atoms with Gasteiger partial charge in [0.2, 0.25) is 5.91 Å². The van der Waals surface area contributed by atoms with Gasteiger partial charge in [-0.05, 0) is 44.4 Å². The first-order valence-corrected chi connectivity index (χ1v) is 9.33. The molecule has 0 spiro atoms. The monoisotopic (exact) mass is 386 g/mol. The summed E-state index contributed by atoms with van der Waals surface area (Å²) in [6.45, 7) is 4.89. The minimum atomic E-state index is -0.452. The molecule has 4 rings (SSSR count). The number of fused-ring (bicyclic) bond motifs is 1. The second-order valence-electron chi connectivity index (χ2n) is 7.08. The third-order valence-corrected chi connectivity index (χ3v) is 5.34. The number of likely N-dealkylation sites (tertiary alicyclic amines) is 1. The fourth-order valence-corrected chi connectivity index (χ4v) is 4.00. The number of carbonyl (C=O) groups is 1. The van der Waals surface area contributed by atoms with Crippen LogP contribution in [0.15, 0.2) is 18.2 Å². The summed E-state index contributed by atoms with van der Waals surface area (Å²) in [5.74, 6) is 1.33. The minimum absolute atomic E-state index is 0.0123. The molecule has 2 aromatic rings. The zero-order valence-electron chi connectivity index (χ0n) is 15.9. The minimum Gasteiger partial charge on any atom is -0.486 e. The molecule has 1 saturated heterocycles. The van der Waals surface area contributed by atoms with E-state index in [1.807, 2.05) is 23.1 Å². The molecular weight excluding hydrogens is 364 g/mol. The van der Waals surface area contributed by atoms with Crippen molar-refractivity contribution >= 4 is 11.6 Å². The van der Waals surface area contributed by atoms with Gasteiger partial charge in [-0.1, -0.05) is 6.07 Å². The van der Waals surface area contributed by atoms with Gasteiger partial charge in [-0.2, -0.15) is 5.10 Å². The molecule has 3 heterocycles. The van der Waals surface area contributed by atoms with Gasteiger partial charge in [0.15, 0.2) is 11.5 Å². The smallest absolute Gasteiger partial charge is 0.312 e. The maximum atomic E-state index is 13.0. The number of hydrogen-bond donors (Lipinski definition) is 0. The molecule has 1 unspecified atom stereocenters. The average Bonchev–Trinajstić information content (AvgIpc) is 3.26. The van der Waals surface area contributed by atoms with Crippen LogP contribution in [0.3, 0.4) is 0 Å². The fourth-order valence-electron chi connectivity index (χ4n) is 4.00. The number of nitro groups is 1. The molecule has 0 saturated carbocycles. The Morgan fingerprint density at radius 3 is 2.75 bits per heavy atom. The molecule has 1 amide bonds. The van der Waals surface area contributed by atoms with Gasteiger partial charge in [0, 0.05) is 6.54 Å². The van der Waals surface area contributed by atoms with Crippen LogP contribution in [-0.2, 0) is 11.3 Å². The molecule has 9 nitrogen and oxygen atoms in total. The van der Waals surface area contributed by atoms with Crippen molar-refractivity contribution in [2.24, 2.45) is 0 Å². The highest BCUT2D eigenvalue weighted by molar-refractivity contribution is 5.77. The van der Waals surface area contributed by atoms with Crippen molar-refractivity contribution in [3.05, 3.63) is 45.3 Å².